The molecule has 7 nitrogen and oxygen atoms in total. The monoisotopic (exact) mass is 443 g/mol. The molecule has 1 aliphatic rings. The van der Waals surface area contributed by atoms with E-state index in [1.165, 1.54) is 27.0 Å². The number of nitrogens with one attached hydrogen (secondary N) is 1. The lowest BCUT2D eigenvalue weighted by molar-refractivity contribution is 0.596. The van der Waals surface area contributed by atoms with Gasteiger partial charge in [-0.2, -0.15) is 0 Å². The van der Waals surface area contributed by atoms with Crippen molar-refractivity contribution in [3.63, 3.8) is 0 Å². The molecule has 4 aromatic rings. The summed E-state index contributed by atoms with van der Waals surface area (Å²) in [6, 6.07) is 7.23. The van der Waals surface area contributed by atoms with Crippen LogP contribution in [-0.4, -0.2) is 34.5 Å². The average molecular weight is 444 g/mol. The summed E-state index contributed by atoms with van der Waals surface area (Å²) < 4.78 is 26.0. The maximum atomic E-state index is 13.3. The lowest BCUT2D eigenvalue weighted by atomic mass is 9.97. The lowest BCUT2D eigenvalue weighted by Gasteiger charge is -2.10. The maximum Gasteiger partial charge on any atom is 0.334 e. The van der Waals surface area contributed by atoms with Gasteiger partial charge in [0.15, 0.2) is 0 Å². The van der Waals surface area contributed by atoms with Crippen molar-refractivity contribution in [2.75, 3.05) is 12.0 Å². The standard InChI is InChI=1S/C21H21N3O4S2/c1-30(27,28)11-10-23-9-8-13-12-14(6-7-16(13)23)24-20(25)18-15-4-2-3-5-17(15)29-19(18)22-21(24)26/h6-9,12H,2-5,10-11H2,1H3,(H,22,26). The minimum absolute atomic E-state index is 0.0532. The summed E-state index contributed by atoms with van der Waals surface area (Å²) in [4.78, 5) is 30.9. The number of thiophene rings is 1. The Morgan fingerprint density at radius 2 is 1.93 bits per heavy atom. The first-order valence-corrected chi connectivity index (χ1v) is 12.8. The van der Waals surface area contributed by atoms with E-state index in [1.807, 2.05) is 22.9 Å². The van der Waals surface area contributed by atoms with E-state index in [1.54, 1.807) is 12.1 Å². The zero-order chi connectivity index (χ0) is 21.0. The minimum Gasteiger partial charge on any atom is -0.346 e. The highest BCUT2D eigenvalue weighted by Crippen LogP contribution is 2.33. The molecular weight excluding hydrogens is 422 g/mol. The summed E-state index contributed by atoms with van der Waals surface area (Å²) in [6.45, 7) is 0.356. The fraction of sp³-hybridized carbons (Fsp3) is 0.333. The summed E-state index contributed by atoms with van der Waals surface area (Å²) >= 11 is 1.52. The maximum absolute atomic E-state index is 13.3. The number of aryl methyl sites for hydroxylation is 3. The van der Waals surface area contributed by atoms with Gasteiger partial charge in [-0.25, -0.2) is 17.8 Å². The van der Waals surface area contributed by atoms with Crippen LogP contribution >= 0.6 is 11.3 Å². The second-order valence-corrected chi connectivity index (χ2v) is 11.2. The number of fused-ring (bicyclic) bond motifs is 4. The van der Waals surface area contributed by atoms with Crippen LogP contribution in [0.1, 0.15) is 23.3 Å². The van der Waals surface area contributed by atoms with Crippen LogP contribution in [0.3, 0.4) is 0 Å². The van der Waals surface area contributed by atoms with Crippen LogP contribution in [0.2, 0.25) is 0 Å². The molecule has 0 saturated carbocycles. The van der Waals surface area contributed by atoms with Gasteiger partial charge in [0, 0.05) is 34.8 Å². The van der Waals surface area contributed by atoms with Crippen LogP contribution in [0.15, 0.2) is 40.1 Å². The second kappa shape index (κ2) is 6.95. The number of H-pyrrole nitrogens is 1. The van der Waals surface area contributed by atoms with Crippen molar-refractivity contribution in [1.29, 1.82) is 0 Å². The Hall–Kier alpha value is -2.65. The Labute approximate surface area is 176 Å². The molecule has 3 aromatic heterocycles. The van der Waals surface area contributed by atoms with E-state index in [0.717, 1.165) is 42.1 Å². The van der Waals surface area contributed by atoms with Crippen LogP contribution in [0, 0.1) is 0 Å². The highest BCUT2D eigenvalue weighted by atomic mass is 32.2. The quantitative estimate of drug-likeness (QED) is 0.525. The molecule has 0 bridgehead atoms. The smallest absolute Gasteiger partial charge is 0.334 e. The number of aromatic nitrogens is 3. The number of rotatable bonds is 4. The third-order valence-electron chi connectivity index (χ3n) is 5.73. The molecular formula is C21H21N3O4S2. The fourth-order valence-corrected chi connectivity index (χ4v) is 6.06. The number of hydrogen-bond acceptors (Lipinski definition) is 5. The molecule has 0 unspecified atom stereocenters. The van der Waals surface area contributed by atoms with Gasteiger partial charge < -0.3 is 4.57 Å². The Balaban J connectivity index is 1.63. The highest BCUT2D eigenvalue weighted by Gasteiger charge is 2.21. The van der Waals surface area contributed by atoms with Gasteiger partial charge in [0.2, 0.25) is 0 Å². The number of sulfone groups is 1. The van der Waals surface area contributed by atoms with E-state index in [0.29, 0.717) is 22.4 Å². The van der Waals surface area contributed by atoms with Crippen molar-refractivity contribution < 1.29 is 8.42 Å². The van der Waals surface area contributed by atoms with Crippen LogP contribution in [0.25, 0.3) is 26.8 Å². The van der Waals surface area contributed by atoms with Gasteiger partial charge >= 0.3 is 5.69 Å². The van der Waals surface area contributed by atoms with Crippen molar-refractivity contribution in [3.05, 3.63) is 61.7 Å². The molecule has 1 aliphatic carbocycles. The summed E-state index contributed by atoms with van der Waals surface area (Å²) in [7, 11) is -3.06. The molecule has 30 heavy (non-hydrogen) atoms. The molecule has 9 heteroatoms. The zero-order valence-electron chi connectivity index (χ0n) is 16.5. The van der Waals surface area contributed by atoms with Crippen LogP contribution in [-0.2, 0) is 29.2 Å². The predicted octanol–water partition coefficient (Wildman–Crippen LogP) is 2.62. The van der Waals surface area contributed by atoms with Gasteiger partial charge in [0.1, 0.15) is 14.7 Å². The molecule has 5 rings (SSSR count). The van der Waals surface area contributed by atoms with Crippen LogP contribution in [0.5, 0.6) is 0 Å². The van der Waals surface area contributed by atoms with E-state index >= 15 is 0 Å². The number of benzene rings is 1. The highest BCUT2D eigenvalue weighted by molar-refractivity contribution is 7.90. The first kappa shape index (κ1) is 19.3. The minimum atomic E-state index is -3.06. The van der Waals surface area contributed by atoms with Gasteiger partial charge in [-0.3, -0.25) is 9.78 Å². The molecule has 0 spiro atoms. The van der Waals surface area contributed by atoms with E-state index in [-0.39, 0.29) is 11.3 Å². The van der Waals surface area contributed by atoms with Crippen LogP contribution in [0.4, 0.5) is 0 Å². The van der Waals surface area contributed by atoms with E-state index in [9.17, 15) is 18.0 Å². The average Bonchev–Trinajstić information content (AvgIpc) is 3.26. The van der Waals surface area contributed by atoms with E-state index in [4.69, 9.17) is 0 Å². The van der Waals surface area contributed by atoms with Crippen molar-refractivity contribution in [2.24, 2.45) is 0 Å². The normalized spacial score (nSPS) is 14.4. The Morgan fingerprint density at radius 3 is 2.73 bits per heavy atom. The summed E-state index contributed by atoms with van der Waals surface area (Å²) in [5.41, 5.74) is 1.74. The molecule has 0 amide bonds. The molecule has 3 heterocycles. The molecule has 0 aliphatic heterocycles. The van der Waals surface area contributed by atoms with Gasteiger partial charge in [-0.1, -0.05) is 0 Å². The largest absolute Gasteiger partial charge is 0.346 e. The third kappa shape index (κ3) is 3.22. The summed E-state index contributed by atoms with van der Waals surface area (Å²) in [5.74, 6) is 0.0532. The Morgan fingerprint density at radius 1 is 1.13 bits per heavy atom. The fourth-order valence-electron chi connectivity index (χ4n) is 4.26. The Kier molecular flexibility index (Phi) is 4.48. The third-order valence-corrected chi connectivity index (χ3v) is 7.86. The van der Waals surface area contributed by atoms with Gasteiger partial charge in [-0.15, -0.1) is 11.3 Å². The molecule has 0 saturated heterocycles. The molecule has 1 N–H and O–H groups in total. The molecule has 156 valence electrons. The molecule has 0 fully saturated rings. The van der Waals surface area contributed by atoms with Crippen LogP contribution < -0.4 is 11.2 Å². The summed E-state index contributed by atoms with van der Waals surface area (Å²) in [6.07, 6.45) is 7.05. The van der Waals surface area contributed by atoms with Gasteiger partial charge in [0.25, 0.3) is 5.56 Å². The van der Waals surface area contributed by atoms with Crippen molar-refractivity contribution in [1.82, 2.24) is 14.1 Å². The number of aromatic amines is 1. The lowest BCUT2D eigenvalue weighted by Crippen LogP contribution is -2.33. The van der Waals surface area contributed by atoms with E-state index in [2.05, 4.69) is 4.98 Å². The van der Waals surface area contributed by atoms with Crippen molar-refractivity contribution in [2.45, 2.75) is 32.2 Å². The SMILES string of the molecule is CS(=O)(=O)CCn1ccc2cc(-n3c(=O)[nH]c4sc5c(c4c3=O)CCCC5)ccc21. The topological polar surface area (TPSA) is 93.9 Å². The second-order valence-electron chi connectivity index (χ2n) is 7.87. The van der Waals surface area contributed by atoms with Gasteiger partial charge in [-0.05, 0) is 55.5 Å². The molecule has 0 radical (unpaired) electrons. The number of nitrogens with zero attached hydrogens (tertiary/aromatic N) is 2. The predicted molar refractivity (Wildman–Crippen MR) is 120 cm³/mol. The van der Waals surface area contributed by atoms with Crippen molar-refractivity contribution >= 4 is 42.3 Å². The Bertz CT molecular complexity index is 1520. The first-order valence-electron chi connectivity index (χ1n) is 9.88. The first-order chi connectivity index (χ1) is 14.3. The number of hydrogen-bond donors (Lipinski definition) is 1. The molecule has 1 aromatic carbocycles. The van der Waals surface area contributed by atoms with E-state index < -0.39 is 15.5 Å². The van der Waals surface area contributed by atoms with Crippen molar-refractivity contribution in [3.8, 4) is 5.69 Å². The zero-order valence-corrected chi connectivity index (χ0v) is 18.1. The van der Waals surface area contributed by atoms with Gasteiger partial charge in [0.05, 0.1) is 16.8 Å². The molecule has 0 atom stereocenters. The summed E-state index contributed by atoms with van der Waals surface area (Å²) in [5, 5.41) is 1.49.